The second-order valence-corrected chi connectivity index (χ2v) is 2.95. The van der Waals surface area contributed by atoms with E-state index in [2.05, 4.69) is 16.2 Å². The first-order chi connectivity index (χ1) is 6.77. The second-order valence-electron chi connectivity index (χ2n) is 2.95. The molecule has 3 N–H and O–H groups in total. The van der Waals surface area contributed by atoms with Gasteiger partial charge in [0, 0.05) is 26.7 Å². The number of carbonyl (C=O) groups is 1. The number of hydrazine groups is 1. The van der Waals surface area contributed by atoms with Gasteiger partial charge in [0.1, 0.15) is 11.6 Å². The molecule has 0 radical (unpaired) electrons. The lowest BCUT2D eigenvalue weighted by Gasteiger charge is -2.28. The highest BCUT2D eigenvalue weighted by atomic mass is 16.2. The normalized spacial score (nSPS) is 16.4. The maximum absolute atomic E-state index is 11.2. The minimum absolute atomic E-state index is 0.165. The lowest BCUT2D eigenvalue weighted by atomic mass is 10.3. The van der Waals surface area contributed by atoms with Crippen molar-refractivity contribution < 1.29 is 9.59 Å². The Bertz CT molecular complexity index is 260. The Labute approximate surface area is 82.3 Å². The molecule has 1 fully saturated rings. The summed E-state index contributed by atoms with van der Waals surface area (Å²) < 4.78 is 0. The van der Waals surface area contributed by atoms with Gasteiger partial charge in [-0.3, -0.25) is 10.2 Å². The van der Waals surface area contributed by atoms with Crippen molar-refractivity contribution in [3.05, 3.63) is 5.70 Å². The van der Waals surface area contributed by atoms with Crippen LogP contribution in [0.25, 0.3) is 0 Å². The summed E-state index contributed by atoms with van der Waals surface area (Å²) in [5.74, 6) is 1.67. The molecule has 0 bridgehead atoms. The van der Waals surface area contributed by atoms with Crippen LogP contribution in [0, 0.1) is 0 Å². The minimum Gasteiger partial charge on any atom is -0.354 e. The van der Waals surface area contributed by atoms with Gasteiger partial charge in [-0.2, -0.15) is 0 Å². The summed E-state index contributed by atoms with van der Waals surface area (Å²) in [5.41, 5.74) is 5.49. The highest BCUT2D eigenvalue weighted by Crippen LogP contribution is 2.02. The third-order valence-corrected chi connectivity index (χ3v) is 1.95. The van der Waals surface area contributed by atoms with Crippen LogP contribution in [0.5, 0.6) is 0 Å². The number of carbonyl (C=O) groups excluding carboxylic acids is 2. The number of nitrogens with zero attached hydrogens (tertiary/aromatic N) is 1. The van der Waals surface area contributed by atoms with Crippen molar-refractivity contribution in [1.29, 1.82) is 0 Å². The SMILES string of the molecule is CNNC(=O)CN1CCNCC1=C=O. The zero-order valence-electron chi connectivity index (χ0n) is 8.09. The van der Waals surface area contributed by atoms with Gasteiger partial charge in [0.25, 0.3) is 5.91 Å². The molecule has 1 aliphatic rings. The maximum atomic E-state index is 11.2. The fourth-order valence-corrected chi connectivity index (χ4v) is 1.29. The molecule has 0 aromatic heterocycles. The third kappa shape index (κ3) is 2.85. The van der Waals surface area contributed by atoms with E-state index in [1.54, 1.807) is 11.9 Å². The van der Waals surface area contributed by atoms with Gasteiger partial charge in [-0.05, 0) is 0 Å². The van der Waals surface area contributed by atoms with E-state index in [1.165, 1.54) is 0 Å². The number of piperazine rings is 1. The molecule has 0 saturated carbocycles. The average Bonchev–Trinajstić information content (AvgIpc) is 2.19. The van der Waals surface area contributed by atoms with Crippen LogP contribution < -0.4 is 16.2 Å². The molecule has 1 rings (SSSR count). The first-order valence-electron chi connectivity index (χ1n) is 4.43. The summed E-state index contributed by atoms with van der Waals surface area (Å²) in [6, 6.07) is 0. The van der Waals surface area contributed by atoms with Crippen LogP contribution in [0.3, 0.4) is 0 Å². The van der Waals surface area contributed by atoms with Crippen molar-refractivity contribution in [1.82, 2.24) is 21.1 Å². The predicted molar refractivity (Wildman–Crippen MR) is 50.9 cm³/mol. The summed E-state index contributed by atoms with van der Waals surface area (Å²) in [7, 11) is 1.62. The zero-order chi connectivity index (χ0) is 10.4. The minimum atomic E-state index is -0.165. The van der Waals surface area contributed by atoms with Crippen molar-refractivity contribution in [2.75, 3.05) is 33.2 Å². The number of hydrogen-bond acceptors (Lipinski definition) is 5. The Morgan fingerprint density at radius 3 is 3.14 bits per heavy atom. The van der Waals surface area contributed by atoms with E-state index in [1.807, 2.05) is 5.94 Å². The monoisotopic (exact) mass is 198 g/mol. The fraction of sp³-hybridized carbons (Fsp3) is 0.625. The van der Waals surface area contributed by atoms with E-state index in [9.17, 15) is 9.59 Å². The van der Waals surface area contributed by atoms with Gasteiger partial charge in [-0.15, -0.1) is 0 Å². The number of hydrogen-bond donors (Lipinski definition) is 3. The van der Waals surface area contributed by atoms with Crippen molar-refractivity contribution in [3.63, 3.8) is 0 Å². The number of rotatable bonds is 3. The van der Waals surface area contributed by atoms with Gasteiger partial charge < -0.3 is 10.2 Å². The fourth-order valence-electron chi connectivity index (χ4n) is 1.29. The molecule has 6 heteroatoms. The lowest BCUT2D eigenvalue weighted by molar-refractivity contribution is -0.122. The quantitative estimate of drug-likeness (QED) is 0.356. The van der Waals surface area contributed by atoms with Crippen LogP contribution in [-0.4, -0.2) is 50.0 Å². The maximum Gasteiger partial charge on any atom is 0.253 e. The van der Waals surface area contributed by atoms with Gasteiger partial charge in [0.05, 0.1) is 6.54 Å². The van der Waals surface area contributed by atoms with E-state index < -0.39 is 0 Å². The van der Waals surface area contributed by atoms with Crippen LogP contribution in [0.1, 0.15) is 0 Å². The average molecular weight is 198 g/mol. The van der Waals surface area contributed by atoms with E-state index in [4.69, 9.17) is 0 Å². The largest absolute Gasteiger partial charge is 0.354 e. The van der Waals surface area contributed by atoms with Gasteiger partial charge >= 0.3 is 0 Å². The molecule has 78 valence electrons. The van der Waals surface area contributed by atoms with Crippen LogP contribution in [0.4, 0.5) is 0 Å². The first kappa shape index (κ1) is 10.7. The van der Waals surface area contributed by atoms with Crippen molar-refractivity contribution in [2.45, 2.75) is 0 Å². The smallest absolute Gasteiger partial charge is 0.253 e. The molecule has 0 atom stereocenters. The molecule has 14 heavy (non-hydrogen) atoms. The van der Waals surface area contributed by atoms with Crippen molar-refractivity contribution in [3.8, 4) is 0 Å². The zero-order valence-corrected chi connectivity index (χ0v) is 8.09. The summed E-state index contributed by atoms with van der Waals surface area (Å²) >= 11 is 0. The Hall–Kier alpha value is -1.36. The molecule has 1 saturated heterocycles. The molecule has 0 aromatic rings. The molecular weight excluding hydrogens is 184 g/mol. The summed E-state index contributed by atoms with van der Waals surface area (Å²) in [6.07, 6.45) is 0. The Morgan fingerprint density at radius 1 is 1.71 bits per heavy atom. The highest BCUT2D eigenvalue weighted by molar-refractivity contribution is 5.78. The van der Waals surface area contributed by atoms with Crippen molar-refractivity contribution >= 4 is 11.8 Å². The topological polar surface area (TPSA) is 73.5 Å². The van der Waals surface area contributed by atoms with E-state index in [0.717, 1.165) is 6.54 Å². The lowest BCUT2D eigenvalue weighted by Crippen LogP contribution is -2.48. The molecule has 1 heterocycles. The van der Waals surface area contributed by atoms with Crippen LogP contribution in [-0.2, 0) is 9.59 Å². The van der Waals surface area contributed by atoms with Crippen LogP contribution >= 0.6 is 0 Å². The predicted octanol–water partition coefficient (Wildman–Crippen LogP) is -2.14. The molecule has 0 aliphatic carbocycles. The van der Waals surface area contributed by atoms with E-state index in [0.29, 0.717) is 18.8 Å². The second kappa shape index (κ2) is 5.39. The summed E-state index contributed by atoms with van der Waals surface area (Å²) in [6.45, 7) is 2.10. The van der Waals surface area contributed by atoms with Gasteiger partial charge in [-0.25, -0.2) is 10.2 Å². The van der Waals surface area contributed by atoms with Gasteiger partial charge in [-0.1, -0.05) is 0 Å². The molecule has 0 spiro atoms. The molecule has 0 unspecified atom stereocenters. The standard InChI is InChI=1S/C8H14N4O2/c1-9-11-8(14)5-12-3-2-10-4-7(12)6-13/h9-10H,2-5H2,1H3,(H,11,14). The number of amides is 1. The van der Waals surface area contributed by atoms with Gasteiger partial charge in [0.2, 0.25) is 0 Å². The summed E-state index contributed by atoms with van der Waals surface area (Å²) in [4.78, 5) is 23.4. The van der Waals surface area contributed by atoms with Crippen LogP contribution in [0.15, 0.2) is 5.70 Å². The Balaban J connectivity index is 2.49. The van der Waals surface area contributed by atoms with E-state index >= 15 is 0 Å². The third-order valence-electron chi connectivity index (χ3n) is 1.95. The molecule has 6 nitrogen and oxygen atoms in total. The van der Waals surface area contributed by atoms with Crippen molar-refractivity contribution in [2.24, 2.45) is 0 Å². The summed E-state index contributed by atoms with van der Waals surface area (Å²) in [5, 5.41) is 3.03. The van der Waals surface area contributed by atoms with Gasteiger partial charge in [0.15, 0.2) is 0 Å². The molecular formula is C8H14N4O2. The Morgan fingerprint density at radius 2 is 2.50 bits per heavy atom. The molecule has 1 amide bonds. The Kier molecular flexibility index (Phi) is 4.12. The first-order valence-corrected chi connectivity index (χ1v) is 4.43. The highest BCUT2D eigenvalue weighted by Gasteiger charge is 2.17. The van der Waals surface area contributed by atoms with Crippen LogP contribution in [0.2, 0.25) is 0 Å². The number of nitrogens with one attached hydrogen (secondary N) is 3. The molecule has 0 aromatic carbocycles. The van der Waals surface area contributed by atoms with E-state index in [-0.39, 0.29) is 12.5 Å². The molecule has 1 aliphatic heterocycles.